The van der Waals surface area contributed by atoms with Crippen LogP contribution >= 0.6 is 11.8 Å². The molecule has 1 aromatic carbocycles. The molecule has 3 aromatic rings. The number of amides is 1. The largest absolute Gasteiger partial charge is 0.348 e. The average Bonchev–Trinajstić information content (AvgIpc) is 3.04. The summed E-state index contributed by atoms with van der Waals surface area (Å²) in [6.45, 7) is 2.52. The van der Waals surface area contributed by atoms with Gasteiger partial charge in [0.25, 0.3) is 0 Å². The number of rotatable bonds is 6. The Morgan fingerprint density at radius 2 is 1.92 bits per heavy atom. The van der Waals surface area contributed by atoms with E-state index in [9.17, 15) is 4.79 Å². The number of nitrogens with zero attached hydrogens (tertiary/aromatic N) is 5. The first-order valence-electron chi connectivity index (χ1n) is 8.31. The minimum atomic E-state index is -0.245. The Labute approximate surface area is 157 Å². The van der Waals surface area contributed by atoms with Gasteiger partial charge in [-0.25, -0.2) is 0 Å². The van der Waals surface area contributed by atoms with Crippen LogP contribution in [0.1, 0.15) is 12.5 Å². The van der Waals surface area contributed by atoms with Crippen molar-refractivity contribution >= 4 is 17.7 Å². The molecule has 134 valence electrons. The predicted molar refractivity (Wildman–Crippen MR) is 103 cm³/mol. The lowest BCUT2D eigenvalue weighted by Gasteiger charge is -2.17. The summed E-state index contributed by atoms with van der Waals surface area (Å²) in [5.41, 5.74) is 2.04. The second-order valence-electron chi connectivity index (χ2n) is 6.11. The van der Waals surface area contributed by atoms with Crippen molar-refractivity contribution in [3.63, 3.8) is 0 Å². The molecular formula is C19H21N5OS. The quantitative estimate of drug-likeness (QED) is 0.627. The van der Waals surface area contributed by atoms with Crippen LogP contribution < -0.4 is 0 Å². The average molecular weight is 367 g/mol. The predicted octanol–water partition coefficient (Wildman–Crippen LogP) is 2.96. The zero-order chi connectivity index (χ0) is 18.5. The van der Waals surface area contributed by atoms with Crippen molar-refractivity contribution in [2.75, 3.05) is 14.1 Å². The van der Waals surface area contributed by atoms with E-state index in [1.165, 1.54) is 11.8 Å². The van der Waals surface area contributed by atoms with Crippen molar-refractivity contribution in [3.8, 4) is 11.4 Å². The molecule has 0 aliphatic heterocycles. The SMILES string of the molecule is C[C@H](Sc1nnc(-c2cccnc2)n1Cc1ccccc1)C(=O)N(C)C. The van der Waals surface area contributed by atoms with E-state index < -0.39 is 0 Å². The summed E-state index contributed by atoms with van der Waals surface area (Å²) in [6, 6.07) is 14.0. The van der Waals surface area contributed by atoms with Gasteiger partial charge < -0.3 is 4.90 Å². The maximum Gasteiger partial charge on any atom is 0.235 e. The normalized spacial score (nSPS) is 12.0. The van der Waals surface area contributed by atoms with Crippen molar-refractivity contribution in [2.45, 2.75) is 23.9 Å². The standard InChI is InChI=1S/C19H21N5OS/c1-14(18(25)23(2)3)26-19-22-21-17(16-10-7-11-20-12-16)24(19)13-15-8-5-4-6-9-15/h4-12,14H,13H2,1-3H3/t14-/m0/s1. The molecule has 0 unspecified atom stereocenters. The first-order chi connectivity index (χ1) is 12.6. The molecule has 1 atom stereocenters. The first kappa shape index (κ1) is 18.1. The Balaban J connectivity index is 1.96. The molecule has 3 rings (SSSR count). The first-order valence-corrected chi connectivity index (χ1v) is 9.19. The van der Waals surface area contributed by atoms with Crippen LogP contribution in [0.3, 0.4) is 0 Å². The van der Waals surface area contributed by atoms with Crippen LogP contribution in [0.15, 0.2) is 60.0 Å². The van der Waals surface area contributed by atoms with Gasteiger partial charge in [-0.3, -0.25) is 14.3 Å². The molecule has 0 saturated heterocycles. The lowest BCUT2D eigenvalue weighted by Crippen LogP contribution is -2.29. The summed E-state index contributed by atoms with van der Waals surface area (Å²) in [4.78, 5) is 18.0. The topological polar surface area (TPSA) is 63.9 Å². The fraction of sp³-hybridized carbons (Fsp3) is 0.263. The highest BCUT2D eigenvalue weighted by atomic mass is 32.2. The summed E-state index contributed by atoms with van der Waals surface area (Å²) in [6.07, 6.45) is 3.50. The van der Waals surface area contributed by atoms with Crippen molar-refractivity contribution in [1.82, 2.24) is 24.6 Å². The van der Waals surface area contributed by atoms with E-state index in [1.54, 1.807) is 31.4 Å². The third kappa shape index (κ3) is 4.11. The monoisotopic (exact) mass is 367 g/mol. The molecule has 0 bridgehead atoms. The Morgan fingerprint density at radius 1 is 1.15 bits per heavy atom. The number of benzene rings is 1. The molecule has 0 aliphatic carbocycles. The summed E-state index contributed by atoms with van der Waals surface area (Å²) in [7, 11) is 3.52. The van der Waals surface area contributed by atoms with Gasteiger partial charge in [0.05, 0.1) is 11.8 Å². The van der Waals surface area contributed by atoms with Crippen LogP contribution in [-0.2, 0) is 11.3 Å². The summed E-state index contributed by atoms with van der Waals surface area (Å²) < 4.78 is 2.04. The van der Waals surface area contributed by atoms with E-state index in [4.69, 9.17) is 0 Å². The van der Waals surface area contributed by atoms with Gasteiger partial charge in [-0.15, -0.1) is 10.2 Å². The van der Waals surface area contributed by atoms with Gasteiger partial charge in [-0.2, -0.15) is 0 Å². The van der Waals surface area contributed by atoms with Crippen LogP contribution in [0, 0.1) is 0 Å². The zero-order valence-corrected chi connectivity index (χ0v) is 15.8. The molecule has 26 heavy (non-hydrogen) atoms. The van der Waals surface area contributed by atoms with Gasteiger partial charge >= 0.3 is 0 Å². The molecule has 2 aromatic heterocycles. The Kier molecular flexibility index (Phi) is 5.68. The molecule has 0 N–H and O–H groups in total. The number of aromatic nitrogens is 4. The maximum absolute atomic E-state index is 12.2. The van der Waals surface area contributed by atoms with Gasteiger partial charge in [-0.05, 0) is 24.6 Å². The van der Waals surface area contributed by atoms with E-state index in [0.717, 1.165) is 22.1 Å². The number of hydrogen-bond donors (Lipinski definition) is 0. The van der Waals surface area contributed by atoms with E-state index >= 15 is 0 Å². The molecule has 0 saturated carbocycles. The molecule has 0 aliphatic rings. The number of carbonyl (C=O) groups excluding carboxylic acids is 1. The molecule has 7 heteroatoms. The second-order valence-corrected chi connectivity index (χ2v) is 7.42. The van der Waals surface area contributed by atoms with Gasteiger partial charge in [-0.1, -0.05) is 42.1 Å². The summed E-state index contributed by atoms with van der Waals surface area (Å²) >= 11 is 1.42. The summed E-state index contributed by atoms with van der Waals surface area (Å²) in [5.74, 6) is 0.793. The van der Waals surface area contributed by atoms with Crippen LogP contribution in [-0.4, -0.2) is 49.9 Å². The van der Waals surface area contributed by atoms with Crippen molar-refractivity contribution in [1.29, 1.82) is 0 Å². The Bertz CT molecular complexity index is 864. The number of carbonyl (C=O) groups is 1. The molecule has 6 nitrogen and oxygen atoms in total. The highest BCUT2D eigenvalue weighted by Gasteiger charge is 2.22. The fourth-order valence-electron chi connectivity index (χ4n) is 2.57. The maximum atomic E-state index is 12.2. The Hall–Kier alpha value is -2.67. The summed E-state index contributed by atoms with van der Waals surface area (Å²) in [5, 5.41) is 9.19. The lowest BCUT2D eigenvalue weighted by atomic mass is 10.2. The smallest absolute Gasteiger partial charge is 0.235 e. The minimum absolute atomic E-state index is 0.0483. The van der Waals surface area contributed by atoms with Crippen molar-refractivity contribution in [3.05, 3.63) is 60.4 Å². The van der Waals surface area contributed by atoms with Gasteiger partial charge in [0.15, 0.2) is 11.0 Å². The number of pyridine rings is 1. The number of hydrogen-bond acceptors (Lipinski definition) is 5. The molecule has 1 amide bonds. The second kappa shape index (κ2) is 8.14. The van der Waals surface area contributed by atoms with Gasteiger partial charge in [0.2, 0.25) is 5.91 Å². The van der Waals surface area contributed by atoms with Crippen LogP contribution in [0.5, 0.6) is 0 Å². The highest BCUT2D eigenvalue weighted by Crippen LogP contribution is 2.28. The van der Waals surface area contributed by atoms with E-state index in [-0.39, 0.29) is 11.2 Å². The third-order valence-electron chi connectivity index (χ3n) is 3.89. The van der Waals surface area contributed by atoms with Crippen molar-refractivity contribution < 1.29 is 4.79 Å². The molecular weight excluding hydrogens is 346 g/mol. The van der Waals surface area contributed by atoms with Crippen molar-refractivity contribution in [2.24, 2.45) is 0 Å². The van der Waals surface area contributed by atoms with Gasteiger partial charge in [0.1, 0.15) is 0 Å². The molecule has 0 fully saturated rings. The lowest BCUT2D eigenvalue weighted by molar-refractivity contribution is -0.127. The van der Waals surface area contributed by atoms with E-state index in [2.05, 4.69) is 27.3 Å². The third-order valence-corrected chi connectivity index (χ3v) is 4.96. The van der Waals surface area contributed by atoms with Crippen LogP contribution in [0.25, 0.3) is 11.4 Å². The Morgan fingerprint density at radius 3 is 2.58 bits per heavy atom. The van der Waals surface area contributed by atoms with E-state index in [0.29, 0.717) is 6.54 Å². The van der Waals surface area contributed by atoms with Gasteiger partial charge in [0, 0.05) is 32.1 Å². The highest BCUT2D eigenvalue weighted by molar-refractivity contribution is 8.00. The van der Waals surface area contributed by atoms with E-state index in [1.807, 2.05) is 41.8 Å². The molecule has 0 radical (unpaired) electrons. The number of thioether (sulfide) groups is 1. The fourth-order valence-corrected chi connectivity index (χ4v) is 3.56. The van der Waals surface area contributed by atoms with Crippen LogP contribution in [0.4, 0.5) is 0 Å². The molecule has 2 heterocycles. The molecule has 0 spiro atoms. The minimum Gasteiger partial charge on any atom is -0.348 e. The zero-order valence-electron chi connectivity index (χ0n) is 15.0. The van der Waals surface area contributed by atoms with Crippen LogP contribution in [0.2, 0.25) is 0 Å².